The van der Waals surface area contributed by atoms with E-state index in [0.717, 1.165) is 0 Å². The van der Waals surface area contributed by atoms with E-state index in [2.05, 4.69) is 0 Å². The molecule has 1 aromatic carbocycles. The molecule has 0 bridgehead atoms. The van der Waals surface area contributed by atoms with Gasteiger partial charge in [-0.3, -0.25) is 0 Å². The summed E-state index contributed by atoms with van der Waals surface area (Å²) in [5.74, 6) is -0.165. The van der Waals surface area contributed by atoms with E-state index < -0.39 is 10.0 Å². The van der Waals surface area contributed by atoms with Crippen molar-refractivity contribution >= 4 is 27.5 Å². The molecule has 0 aliphatic carbocycles. The normalized spacial score (nSPS) is 11.5. The topological polar surface area (TPSA) is 72.2 Å². The van der Waals surface area contributed by atoms with Gasteiger partial charge in [-0.1, -0.05) is 12.1 Å². The van der Waals surface area contributed by atoms with Crippen LogP contribution in [0.25, 0.3) is 0 Å². The number of nitrogens with one attached hydrogen (secondary N) is 1. The first kappa shape index (κ1) is 10.3. The minimum atomic E-state index is -3.43. The van der Waals surface area contributed by atoms with Crippen molar-refractivity contribution in [1.82, 2.24) is 4.24 Å². The highest BCUT2D eigenvalue weighted by molar-refractivity contribution is 7.89. The van der Waals surface area contributed by atoms with Crippen LogP contribution >= 0.6 is 11.8 Å². The molecule has 6 heteroatoms. The second kappa shape index (κ2) is 3.95. The third-order valence-corrected chi connectivity index (χ3v) is 3.08. The van der Waals surface area contributed by atoms with Crippen LogP contribution in [-0.4, -0.2) is 8.42 Å². The highest BCUT2D eigenvalue weighted by Gasteiger charge is 2.09. The lowest BCUT2D eigenvalue weighted by Crippen LogP contribution is -2.15. The van der Waals surface area contributed by atoms with Crippen molar-refractivity contribution in [2.24, 2.45) is 0 Å². The van der Waals surface area contributed by atoms with Crippen molar-refractivity contribution in [3.05, 3.63) is 29.8 Å². The molecule has 0 unspecified atom stereocenters. The Labute approximate surface area is 81.9 Å². The van der Waals surface area contributed by atoms with Crippen LogP contribution in [0.1, 0.15) is 5.56 Å². The predicted octanol–water partition coefficient (Wildman–Crippen LogP) is 0.842. The molecule has 0 atom stereocenters. The highest BCUT2D eigenvalue weighted by atomic mass is 35.5. The Kier molecular flexibility index (Phi) is 3.13. The third kappa shape index (κ3) is 3.22. The van der Waals surface area contributed by atoms with Gasteiger partial charge in [-0.05, 0) is 29.5 Å². The minimum Gasteiger partial charge on any atom is -0.399 e. The molecule has 0 radical (unpaired) electrons. The molecule has 0 spiro atoms. The predicted molar refractivity (Wildman–Crippen MR) is 52.5 cm³/mol. The summed E-state index contributed by atoms with van der Waals surface area (Å²) in [6, 6.07) is 6.63. The van der Waals surface area contributed by atoms with Crippen LogP contribution in [-0.2, 0) is 15.8 Å². The Hall–Kier alpha value is -0.780. The molecular formula is C7H9ClN2O2S. The molecule has 4 nitrogen and oxygen atoms in total. The highest BCUT2D eigenvalue weighted by Crippen LogP contribution is 2.09. The molecule has 72 valence electrons. The van der Waals surface area contributed by atoms with Gasteiger partial charge >= 0.3 is 0 Å². The summed E-state index contributed by atoms with van der Waals surface area (Å²) in [7, 11) is -3.43. The van der Waals surface area contributed by atoms with Gasteiger partial charge in [-0.2, -0.15) is 0 Å². The van der Waals surface area contributed by atoms with Gasteiger partial charge in [0.15, 0.2) is 0 Å². The lowest BCUT2D eigenvalue weighted by molar-refractivity contribution is 0.593. The van der Waals surface area contributed by atoms with Gasteiger partial charge in [-0.15, -0.1) is 4.24 Å². The SMILES string of the molecule is Nc1cccc(CS(=O)(=O)NCl)c1. The molecule has 1 rings (SSSR count). The van der Waals surface area contributed by atoms with Gasteiger partial charge in [0.25, 0.3) is 0 Å². The fraction of sp³-hybridized carbons (Fsp3) is 0.143. The van der Waals surface area contributed by atoms with Crippen LogP contribution < -0.4 is 9.97 Å². The zero-order valence-corrected chi connectivity index (χ0v) is 8.27. The fourth-order valence-corrected chi connectivity index (χ4v) is 1.77. The van der Waals surface area contributed by atoms with Gasteiger partial charge in [-0.25, -0.2) is 8.42 Å². The number of nitrogens with two attached hydrogens (primary N) is 1. The van der Waals surface area contributed by atoms with Gasteiger partial charge in [0, 0.05) is 5.69 Å². The molecule has 0 saturated carbocycles. The Bertz CT molecular complexity index is 391. The summed E-state index contributed by atoms with van der Waals surface area (Å²) in [6.07, 6.45) is 0. The Morgan fingerprint density at radius 1 is 1.46 bits per heavy atom. The maximum atomic E-state index is 11.0. The second-order valence-electron chi connectivity index (χ2n) is 2.58. The number of nitrogen functional groups attached to an aromatic ring is 1. The Balaban J connectivity index is 2.87. The number of hydrogen-bond acceptors (Lipinski definition) is 3. The molecule has 0 heterocycles. The number of sulfonamides is 1. The molecule has 0 fully saturated rings. The van der Waals surface area contributed by atoms with E-state index in [1.165, 1.54) is 0 Å². The summed E-state index contributed by atoms with van der Waals surface area (Å²) in [5, 5.41) is 0. The molecule has 1 aromatic rings. The van der Waals surface area contributed by atoms with Crippen LogP contribution in [0.2, 0.25) is 0 Å². The van der Waals surface area contributed by atoms with Gasteiger partial charge < -0.3 is 5.73 Å². The second-order valence-corrected chi connectivity index (χ2v) is 4.72. The van der Waals surface area contributed by atoms with Crippen LogP contribution in [0.15, 0.2) is 24.3 Å². The van der Waals surface area contributed by atoms with E-state index in [1.807, 2.05) is 0 Å². The van der Waals surface area contributed by atoms with Crippen molar-refractivity contribution in [2.45, 2.75) is 5.75 Å². The molecule has 0 aliphatic rings. The van der Waals surface area contributed by atoms with Crippen LogP contribution in [0.4, 0.5) is 5.69 Å². The summed E-state index contributed by atoms with van der Waals surface area (Å²) >= 11 is 5.01. The molecule has 0 aromatic heterocycles. The maximum absolute atomic E-state index is 11.0. The Morgan fingerprint density at radius 2 is 2.15 bits per heavy atom. The maximum Gasteiger partial charge on any atom is 0.229 e. The summed E-state index contributed by atoms with van der Waals surface area (Å²) < 4.78 is 23.7. The lowest BCUT2D eigenvalue weighted by atomic mass is 10.2. The van der Waals surface area contributed by atoms with Gasteiger partial charge in [0.2, 0.25) is 10.0 Å². The minimum absolute atomic E-state index is 0.165. The first-order chi connectivity index (χ1) is 6.03. The number of halogens is 1. The van der Waals surface area contributed by atoms with Crippen LogP contribution in [0.5, 0.6) is 0 Å². The standard InChI is InChI=1S/C7H9ClN2O2S/c8-10-13(11,12)5-6-2-1-3-7(9)4-6/h1-4,10H,5,9H2. The van der Waals surface area contributed by atoms with Crippen molar-refractivity contribution in [3.8, 4) is 0 Å². The molecule has 0 saturated heterocycles. The van der Waals surface area contributed by atoms with E-state index in [-0.39, 0.29) is 5.75 Å². The largest absolute Gasteiger partial charge is 0.399 e. The number of hydrogen-bond donors (Lipinski definition) is 2. The fourth-order valence-electron chi connectivity index (χ4n) is 0.930. The smallest absolute Gasteiger partial charge is 0.229 e. The summed E-state index contributed by atoms with van der Waals surface area (Å²) in [4.78, 5) is 0. The number of rotatable bonds is 3. The van der Waals surface area contributed by atoms with Crippen molar-refractivity contribution in [2.75, 3.05) is 5.73 Å². The average Bonchev–Trinajstić information content (AvgIpc) is 2.03. The van der Waals surface area contributed by atoms with Crippen LogP contribution in [0, 0.1) is 0 Å². The molecular weight excluding hydrogens is 212 g/mol. The van der Waals surface area contributed by atoms with Gasteiger partial charge in [0.05, 0.1) is 5.75 Å². The number of benzene rings is 1. The zero-order chi connectivity index (χ0) is 9.90. The monoisotopic (exact) mass is 220 g/mol. The molecule has 0 amide bonds. The van der Waals surface area contributed by atoms with Crippen molar-refractivity contribution < 1.29 is 8.42 Å². The van der Waals surface area contributed by atoms with E-state index in [1.54, 1.807) is 28.5 Å². The van der Waals surface area contributed by atoms with Crippen molar-refractivity contribution in [1.29, 1.82) is 0 Å². The van der Waals surface area contributed by atoms with E-state index >= 15 is 0 Å². The average molecular weight is 221 g/mol. The van der Waals surface area contributed by atoms with Gasteiger partial charge in [0.1, 0.15) is 0 Å². The molecule has 13 heavy (non-hydrogen) atoms. The quantitative estimate of drug-likeness (QED) is 0.586. The summed E-state index contributed by atoms with van der Waals surface area (Å²) in [5.41, 5.74) is 6.61. The van der Waals surface area contributed by atoms with E-state index in [4.69, 9.17) is 17.5 Å². The molecule has 0 aliphatic heterocycles. The van der Waals surface area contributed by atoms with E-state index in [0.29, 0.717) is 11.3 Å². The van der Waals surface area contributed by atoms with E-state index in [9.17, 15) is 8.42 Å². The van der Waals surface area contributed by atoms with Crippen molar-refractivity contribution in [3.63, 3.8) is 0 Å². The zero-order valence-electron chi connectivity index (χ0n) is 6.70. The summed E-state index contributed by atoms with van der Waals surface area (Å²) in [6.45, 7) is 0. The first-order valence-electron chi connectivity index (χ1n) is 3.48. The lowest BCUT2D eigenvalue weighted by Gasteiger charge is -2.01. The molecule has 3 N–H and O–H groups in total. The third-order valence-electron chi connectivity index (χ3n) is 1.43. The van der Waals surface area contributed by atoms with Crippen LogP contribution in [0.3, 0.4) is 0 Å². The Morgan fingerprint density at radius 3 is 2.69 bits per heavy atom. The first-order valence-corrected chi connectivity index (χ1v) is 5.51. The number of anilines is 1.